The van der Waals surface area contributed by atoms with Gasteiger partial charge in [-0.15, -0.1) is 0 Å². The van der Waals surface area contributed by atoms with E-state index in [-0.39, 0.29) is 11.8 Å². The Bertz CT molecular complexity index is 451. The maximum absolute atomic E-state index is 11.9. The van der Waals surface area contributed by atoms with Gasteiger partial charge in [0.05, 0.1) is 4.99 Å². The first kappa shape index (κ1) is 12.8. The largest absolute Gasteiger partial charge is 0.480 e. The van der Waals surface area contributed by atoms with Crippen LogP contribution in [-0.2, 0) is 11.2 Å². The fourth-order valence-electron chi connectivity index (χ4n) is 1.80. The van der Waals surface area contributed by atoms with Crippen molar-refractivity contribution in [1.82, 2.24) is 5.32 Å². The van der Waals surface area contributed by atoms with Crippen molar-refractivity contribution in [2.24, 2.45) is 11.7 Å². The second-order valence-corrected chi connectivity index (χ2v) is 4.94. The van der Waals surface area contributed by atoms with Crippen molar-refractivity contribution in [3.8, 4) is 5.75 Å². The van der Waals surface area contributed by atoms with Gasteiger partial charge in [-0.05, 0) is 11.6 Å². The van der Waals surface area contributed by atoms with Crippen LogP contribution in [0.3, 0.4) is 0 Å². The molecule has 4 nitrogen and oxygen atoms in total. The number of nitrogens with one attached hydrogen (secondary N) is 1. The van der Waals surface area contributed by atoms with Gasteiger partial charge in [-0.2, -0.15) is 0 Å². The van der Waals surface area contributed by atoms with Crippen molar-refractivity contribution in [2.45, 2.75) is 19.4 Å². The number of hydrogen-bond acceptors (Lipinski definition) is 3. The van der Waals surface area contributed by atoms with Crippen LogP contribution < -0.4 is 15.8 Å². The first-order valence-electron chi connectivity index (χ1n) is 5.89. The molecular weight excluding hydrogens is 248 g/mol. The molecule has 2 rings (SSSR count). The number of rotatable bonds is 4. The molecule has 2 atom stereocenters. The van der Waals surface area contributed by atoms with Crippen molar-refractivity contribution >= 4 is 23.1 Å². The van der Waals surface area contributed by atoms with E-state index in [1.807, 2.05) is 31.2 Å². The maximum atomic E-state index is 11.9. The molecule has 1 aliphatic heterocycles. The molecule has 1 aromatic rings. The highest BCUT2D eigenvalue weighted by Crippen LogP contribution is 2.28. The Morgan fingerprint density at radius 2 is 2.33 bits per heavy atom. The zero-order valence-electron chi connectivity index (χ0n) is 10.2. The van der Waals surface area contributed by atoms with Gasteiger partial charge in [0.15, 0.2) is 6.10 Å². The molecule has 0 bridgehead atoms. The summed E-state index contributed by atoms with van der Waals surface area (Å²) < 4.78 is 5.59. The summed E-state index contributed by atoms with van der Waals surface area (Å²) in [5.41, 5.74) is 6.56. The van der Waals surface area contributed by atoms with Crippen molar-refractivity contribution in [3.63, 3.8) is 0 Å². The van der Waals surface area contributed by atoms with E-state index in [0.717, 1.165) is 11.3 Å². The molecule has 0 aliphatic carbocycles. The zero-order chi connectivity index (χ0) is 13.1. The summed E-state index contributed by atoms with van der Waals surface area (Å²) in [6.07, 6.45) is 0.171. The second kappa shape index (κ2) is 5.35. The highest BCUT2D eigenvalue weighted by molar-refractivity contribution is 7.80. The highest BCUT2D eigenvalue weighted by Gasteiger charge is 2.28. The van der Waals surface area contributed by atoms with Crippen LogP contribution in [0.4, 0.5) is 0 Å². The van der Waals surface area contributed by atoms with E-state index in [4.69, 9.17) is 22.7 Å². The molecule has 3 N–H and O–H groups in total. The van der Waals surface area contributed by atoms with Gasteiger partial charge < -0.3 is 15.8 Å². The quantitative estimate of drug-likeness (QED) is 0.797. The number of benzene rings is 1. The van der Waals surface area contributed by atoms with Gasteiger partial charge in [0.25, 0.3) is 5.91 Å². The molecule has 0 spiro atoms. The Hall–Kier alpha value is -1.62. The molecule has 0 aromatic heterocycles. The molecule has 5 heteroatoms. The predicted octanol–water partition coefficient (Wildman–Crippen LogP) is 1.03. The van der Waals surface area contributed by atoms with Crippen LogP contribution in [0.15, 0.2) is 24.3 Å². The highest BCUT2D eigenvalue weighted by atomic mass is 32.1. The number of ether oxygens (including phenoxy) is 1. The van der Waals surface area contributed by atoms with Gasteiger partial charge in [-0.1, -0.05) is 37.3 Å². The Balaban J connectivity index is 1.88. The fourth-order valence-corrected chi connectivity index (χ4v) is 1.88. The Morgan fingerprint density at radius 1 is 1.61 bits per heavy atom. The number of carbonyl (C=O) groups excluding carboxylic acids is 1. The van der Waals surface area contributed by atoms with Gasteiger partial charge in [0.2, 0.25) is 0 Å². The van der Waals surface area contributed by atoms with Gasteiger partial charge in [0, 0.05) is 18.9 Å². The predicted molar refractivity (Wildman–Crippen MR) is 73.5 cm³/mol. The molecule has 1 amide bonds. The molecular formula is C13H16N2O2S. The minimum Gasteiger partial charge on any atom is -0.480 e. The second-order valence-electron chi connectivity index (χ2n) is 4.47. The molecule has 0 fully saturated rings. The molecule has 2 unspecified atom stereocenters. The zero-order valence-corrected chi connectivity index (χ0v) is 11.0. The van der Waals surface area contributed by atoms with Crippen molar-refractivity contribution in [1.29, 1.82) is 0 Å². The summed E-state index contributed by atoms with van der Waals surface area (Å²) >= 11 is 4.86. The molecule has 1 heterocycles. The number of thiocarbonyl (C=S) groups is 1. The Morgan fingerprint density at radius 3 is 3.00 bits per heavy atom. The van der Waals surface area contributed by atoms with Crippen LogP contribution in [0.2, 0.25) is 0 Å². The average Bonchev–Trinajstić information content (AvgIpc) is 2.79. The van der Waals surface area contributed by atoms with E-state index in [9.17, 15) is 4.79 Å². The molecule has 1 aliphatic rings. The lowest BCUT2D eigenvalue weighted by molar-refractivity contribution is -0.127. The van der Waals surface area contributed by atoms with Crippen LogP contribution in [0.5, 0.6) is 5.75 Å². The standard InChI is InChI=1S/C13H16N2O2S/c1-8(12(14)18)7-15-13(16)11-6-9-4-2-3-5-10(9)17-11/h2-5,8,11H,6-7H2,1H3,(H2,14,18)(H,15,16). The summed E-state index contributed by atoms with van der Waals surface area (Å²) in [5, 5.41) is 2.81. The van der Waals surface area contributed by atoms with E-state index in [2.05, 4.69) is 5.32 Å². The number of para-hydroxylation sites is 1. The number of carbonyl (C=O) groups is 1. The first-order valence-corrected chi connectivity index (χ1v) is 6.30. The van der Waals surface area contributed by atoms with Gasteiger partial charge in [-0.25, -0.2) is 0 Å². The normalized spacial score (nSPS) is 18.6. The molecule has 1 aromatic carbocycles. The monoisotopic (exact) mass is 264 g/mol. The van der Waals surface area contributed by atoms with Gasteiger partial charge >= 0.3 is 0 Å². The fraction of sp³-hybridized carbons (Fsp3) is 0.385. The summed E-state index contributed by atoms with van der Waals surface area (Å²) in [6, 6.07) is 7.69. The smallest absolute Gasteiger partial charge is 0.261 e. The molecule has 0 saturated heterocycles. The molecule has 18 heavy (non-hydrogen) atoms. The lowest BCUT2D eigenvalue weighted by atomic mass is 10.1. The third-order valence-corrected chi connectivity index (χ3v) is 3.41. The Labute approximate surface area is 112 Å². The minimum atomic E-state index is -0.444. The third-order valence-electron chi connectivity index (χ3n) is 3.01. The maximum Gasteiger partial charge on any atom is 0.261 e. The third kappa shape index (κ3) is 2.79. The Kier molecular flexibility index (Phi) is 3.81. The van der Waals surface area contributed by atoms with E-state index >= 15 is 0 Å². The van der Waals surface area contributed by atoms with Crippen LogP contribution in [0, 0.1) is 5.92 Å². The first-order chi connectivity index (χ1) is 8.58. The lowest BCUT2D eigenvalue weighted by Crippen LogP contribution is -2.41. The van der Waals surface area contributed by atoms with Gasteiger partial charge in [-0.3, -0.25) is 4.79 Å². The summed E-state index contributed by atoms with van der Waals surface area (Å²) in [6.45, 7) is 2.33. The number of nitrogens with two attached hydrogens (primary N) is 1. The van der Waals surface area contributed by atoms with Crippen molar-refractivity contribution in [3.05, 3.63) is 29.8 Å². The van der Waals surface area contributed by atoms with Crippen LogP contribution in [-0.4, -0.2) is 23.5 Å². The van der Waals surface area contributed by atoms with Crippen molar-refractivity contribution < 1.29 is 9.53 Å². The summed E-state index contributed by atoms with van der Waals surface area (Å²) in [4.78, 5) is 12.3. The molecule has 0 saturated carbocycles. The van der Waals surface area contributed by atoms with E-state index < -0.39 is 6.10 Å². The number of hydrogen-bond donors (Lipinski definition) is 2. The summed E-state index contributed by atoms with van der Waals surface area (Å²) in [5.74, 6) is 0.669. The molecule has 96 valence electrons. The molecule has 0 radical (unpaired) electrons. The lowest BCUT2D eigenvalue weighted by Gasteiger charge is -2.14. The average molecular weight is 264 g/mol. The van der Waals surface area contributed by atoms with Gasteiger partial charge in [0.1, 0.15) is 5.75 Å². The van der Waals surface area contributed by atoms with Crippen molar-refractivity contribution in [2.75, 3.05) is 6.54 Å². The summed E-state index contributed by atoms with van der Waals surface area (Å²) in [7, 11) is 0. The SMILES string of the molecule is CC(CNC(=O)C1Cc2ccccc2O1)C(N)=S. The van der Waals surface area contributed by atoms with E-state index in [1.165, 1.54) is 0 Å². The van der Waals surface area contributed by atoms with Crippen LogP contribution in [0.25, 0.3) is 0 Å². The number of amides is 1. The topological polar surface area (TPSA) is 64.3 Å². The van der Waals surface area contributed by atoms with E-state index in [1.54, 1.807) is 0 Å². The van der Waals surface area contributed by atoms with Crippen LogP contribution in [0.1, 0.15) is 12.5 Å². The minimum absolute atomic E-state index is 0.00673. The van der Waals surface area contributed by atoms with Crippen LogP contribution >= 0.6 is 12.2 Å². The number of fused-ring (bicyclic) bond motifs is 1. The van der Waals surface area contributed by atoms with E-state index in [0.29, 0.717) is 18.0 Å².